The van der Waals surface area contributed by atoms with Crippen molar-refractivity contribution in [2.45, 2.75) is 18.7 Å². The van der Waals surface area contributed by atoms with E-state index in [4.69, 9.17) is 0 Å². The summed E-state index contributed by atoms with van der Waals surface area (Å²) in [6.45, 7) is -0.585. The van der Waals surface area contributed by atoms with E-state index in [1.54, 1.807) is 0 Å². The zero-order valence-electron chi connectivity index (χ0n) is 10.0. The van der Waals surface area contributed by atoms with Crippen molar-refractivity contribution in [3.63, 3.8) is 0 Å². The van der Waals surface area contributed by atoms with Crippen molar-refractivity contribution < 1.29 is 27.8 Å². The Balaban J connectivity index is 2.62. The lowest BCUT2D eigenvalue weighted by Crippen LogP contribution is -2.53. The van der Waals surface area contributed by atoms with Gasteiger partial charge in [-0.25, -0.2) is 0 Å². The van der Waals surface area contributed by atoms with E-state index in [0.717, 1.165) is 0 Å². The fourth-order valence-electron chi connectivity index (χ4n) is 1.89. The van der Waals surface area contributed by atoms with E-state index in [9.17, 15) is 23.1 Å². The number of carbonyl (C=O) groups excluding carboxylic acids is 1. The highest BCUT2D eigenvalue weighted by Crippen LogP contribution is 2.43. The summed E-state index contributed by atoms with van der Waals surface area (Å²) in [6, 6.07) is 0. The third-order valence-corrected chi connectivity index (χ3v) is 2.99. The number of hydrogen-bond donors (Lipinski definition) is 3. The van der Waals surface area contributed by atoms with Crippen molar-refractivity contribution in [2.24, 2.45) is 5.41 Å². The monoisotopic (exact) mass is 270 g/mol. The largest absolute Gasteiger partial charge is 0.404 e. The van der Waals surface area contributed by atoms with Crippen LogP contribution in [0.5, 0.6) is 0 Å². The van der Waals surface area contributed by atoms with Gasteiger partial charge in [-0.15, -0.1) is 0 Å². The number of methoxy groups -OCH3 is 1. The van der Waals surface area contributed by atoms with Crippen LogP contribution in [-0.2, 0) is 9.53 Å². The highest BCUT2D eigenvalue weighted by molar-refractivity contribution is 5.84. The van der Waals surface area contributed by atoms with Crippen LogP contribution >= 0.6 is 0 Å². The van der Waals surface area contributed by atoms with Gasteiger partial charge >= 0.3 is 6.18 Å². The minimum atomic E-state index is -4.60. The van der Waals surface area contributed by atoms with Gasteiger partial charge in [-0.2, -0.15) is 13.2 Å². The van der Waals surface area contributed by atoms with Gasteiger partial charge in [-0.3, -0.25) is 4.79 Å². The van der Waals surface area contributed by atoms with Crippen molar-refractivity contribution in [1.82, 2.24) is 10.6 Å². The van der Waals surface area contributed by atoms with Crippen LogP contribution in [0, 0.1) is 5.41 Å². The molecular weight excluding hydrogens is 253 g/mol. The SMILES string of the molecule is COCC(O)CNC(=O)C1(C(F)(F)F)CCNC1. The van der Waals surface area contributed by atoms with E-state index in [-0.39, 0.29) is 26.1 Å². The average Bonchev–Trinajstić information content (AvgIpc) is 2.75. The first-order chi connectivity index (χ1) is 8.33. The number of halogens is 3. The van der Waals surface area contributed by atoms with Gasteiger partial charge in [0.1, 0.15) is 0 Å². The van der Waals surface area contributed by atoms with Gasteiger partial charge in [-0.05, 0) is 13.0 Å². The zero-order chi connectivity index (χ0) is 13.8. The summed E-state index contributed by atoms with van der Waals surface area (Å²) >= 11 is 0. The predicted molar refractivity (Wildman–Crippen MR) is 56.9 cm³/mol. The van der Waals surface area contributed by atoms with Crippen LogP contribution in [0.3, 0.4) is 0 Å². The summed E-state index contributed by atoms with van der Waals surface area (Å²) in [6.07, 6.45) is -5.91. The van der Waals surface area contributed by atoms with Crippen LogP contribution in [0.25, 0.3) is 0 Å². The Morgan fingerprint density at radius 2 is 2.28 bits per heavy atom. The molecule has 1 saturated heterocycles. The molecule has 0 aromatic carbocycles. The quantitative estimate of drug-likeness (QED) is 0.639. The lowest BCUT2D eigenvalue weighted by atomic mass is 9.85. The maximum absolute atomic E-state index is 13.0. The Hall–Kier alpha value is -0.860. The molecule has 8 heteroatoms. The standard InChI is InChI=1S/C10H17F3N2O3/c1-18-5-7(16)4-15-8(17)9(10(11,12)13)2-3-14-6-9/h7,14,16H,2-6H2,1H3,(H,15,17). The maximum atomic E-state index is 13.0. The molecule has 106 valence electrons. The second kappa shape index (κ2) is 5.85. The lowest BCUT2D eigenvalue weighted by Gasteiger charge is -2.29. The van der Waals surface area contributed by atoms with Crippen LogP contribution in [-0.4, -0.2) is 56.6 Å². The fourth-order valence-corrected chi connectivity index (χ4v) is 1.89. The molecular formula is C10H17F3N2O3. The molecule has 0 spiro atoms. The number of nitrogens with one attached hydrogen (secondary N) is 2. The molecule has 0 bridgehead atoms. The number of aliphatic hydroxyl groups excluding tert-OH is 1. The molecule has 0 aromatic heterocycles. The molecule has 1 amide bonds. The smallest absolute Gasteiger partial charge is 0.389 e. The van der Waals surface area contributed by atoms with E-state index in [2.05, 4.69) is 15.4 Å². The Morgan fingerprint density at radius 1 is 1.61 bits per heavy atom. The number of ether oxygens (including phenoxy) is 1. The maximum Gasteiger partial charge on any atom is 0.404 e. The van der Waals surface area contributed by atoms with Gasteiger partial charge in [0.2, 0.25) is 5.91 Å². The molecule has 0 saturated carbocycles. The van der Waals surface area contributed by atoms with E-state index < -0.39 is 30.1 Å². The molecule has 1 aliphatic heterocycles. The van der Waals surface area contributed by atoms with Crippen LogP contribution in [0.4, 0.5) is 13.2 Å². The summed E-state index contributed by atoms with van der Waals surface area (Å²) < 4.78 is 43.5. The number of aliphatic hydroxyl groups is 1. The van der Waals surface area contributed by atoms with Crippen molar-refractivity contribution in [3.8, 4) is 0 Å². The van der Waals surface area contributed by atoms with Crippen molar-refractivity contribution in [3.05, 3.63) is 0 Å². The first-order valence-corrected chi connectivity index (χ1v) is 5.56. The molecule has 18 heavy (non-hydrogen) atoms. The Morgan fingerprint density at radius 3 is 2.72 bits per heavy atom. The number of alkyl halides is 3. The highest BCUT2D eigenvalue weighted by Gasteiger charge is 2.61. The summed E-state index contributed by atoms with van der Waals surface area (Å²) in [7, 11) is 1.35. The summed E-state index contributed by atoms with van der Waals surface area (Å²) in [5, 5.41) is 14.0. The molecule has 5 nitrogen and oxygen atoms in total. The first-order valence-electron chi connectivity index (χ1n) is 5.56. The van der Waals surface area contributed by atoms with Gasteiger partial charge in [0, 0.05) is 20.2 Å². The van der Waals surface area contributed by atoms with Gasteiger partial charge in [0.25, 0.3) is 0 Å². The van der Waals surface area contributed by atoms with E-state index in [0.29, 0.717) is 0 Å². The van der Waals surface area contributed by atoms with Crippen molar-refractivity contribution >= 4 is 5.91 Å². The van der Waals surface area contributed by atoms with E-state index >= 15 is 0 Å². The molecule has 3 N–H and O–H groups in total. The predicted octanol–water partition coefficient (Wildman–Crippen LogP) is -0.348. The molecule has 0 aromatic rings. The van der Waals surface area contributed by atoms with Gasteiger partial charge < -0.3 is 20.5 Å². The highest BCUT2D eigenvalue weighted by atomic mass is 19.4. The fraction of sp³-hybridized carbons (Fsp3) is 0.900. The number of amides is 1. The molecule has 1 rings (SSSR count). The van der Waals surface area contributed by atoms with Gasteiger partial charge in [0.15, 0.2) is 5.41 Å². The van der Waals surface area contributed by atoms with Gasteiger partial charge in [0.05, 0.1) is 12.7 Å². The van der Waals surface area contributed by atoms with Gasteiger partial charge in [-0.1, -0.05) is 0 Å². The first kappa shape index (κ1) is 15.2. The minimum Gasteiger partial charge on any atom is -0.389 e. The topological polar surface area (TPSA) is 70.6 Å². The molecule has 0 aliphatic carbocycles. The Labute approximate surface area is 103 Å². The average molecular weight is 270 g/mol. The van der Waals surface area contributed by atoms with E-state index in [1.807, 2.05) is 0 Å². The van der Waals surface area contributed by atoms with Crippen molar-refractivity contribution in [2.75, 3.05) is 33.4 Å². The molecule has 1 heterocycles. The van der Waals surface area contributed by atoms with Crippen molar-refractivity contribution in [1.29, 1.82) is 0 Å². The second-order valence-electron chi connectivity index (χ2n) is 4.33. The number of carbonyl (C=O) groups is 1. The number of hydrogen-bond acceptors (Lipinski definition) is 4. The summed E-state index contributed by atoms with van der Waals surface area (Å²) in [4.78, 5) is 11.7. The second-order valence-corrected chi connectivity index (χ2v) is 4.33. The number of rotatable bonds is 5. The third kappa shape index (κ3) is 3.12. The molecule has 1 aliphatic rings. The van der Waals surface area contributed by atoms with Crippen LogP contribution in [0.15, 0.2) is 0 Å². The summed E-state index contributed by atoms with van der Waals surface area (Å²) in [5.74, 6) is -1.10. The third-order valence-electron chi connectivity index (χ3n) is 2.99. The normalized spacial score (nSPS) is 26.1. The van der Waals surface area contributed by atoms with Crippen LogP contribution in [0.2, 0.25) is 0 Å². The van der Waals surface area contributed by atoms with Crippen LogP contribution < -0.4 is 10.6 Å². The van der Waals surface area contributed by atoms with E-state index in [1.165, 1.54) is 7.11 Å². The lowest BCUT2D eigenvalue weighted by molar-refractivity contribution is -0.216. The zero-order valence-corrected chi connectivity index (χ0v) is 10.0. The molecule has 1 fully saturated rings. The molecule has 2 atom stereocenters. The molecule has 0 radical (unpaired) electrons. The minimum absolute atomic E-state index is 0.0441. The molecule has 2 unspecified atom stereocenters. The Bertz CT molecular complexity index is 291. The summed E-state index contributed by atoms with van der Waals surface area (Å²) in [5.41, 5.74) is -2.39. The Kier molecular flexibility index (Phi) is 4.94. The van der Waals surface area contributed by atoms with Crippen LogP contribution in [0.1, 0.15) is 6.42 Å².